The van der Waals surface area contributed by atoms with E-state index in [0.717, 1.165) is 0 Å². The molecule has 0 aromatic heterocycles. The first-order valence-corrected chi connectivity index (χ1v) is 5.29. The molecule has 98 valence electrons. The highest BCUT2D eigenvalue weighted by Gasteiger charge is 2.65. The topological polar surface area (TPSA) is 72.8 Å². The van der Waals surface area contributed by atoms with Crippen LogP contribution >= 0.6 is 0 Å². The molecule has 0 amide bonds. The van der Waals surface area contributed by atoms with Gasteiger partial charge in [-0.3, -0.25) is 4.55 Å². The summed E-state index contributed by atoms with van der Waals surface area (Å²) in [5.74, 6) is -4.92. The highest BCUT2D eigenvalue weighted by Crippen LogP contribution is 2.40. The van der Waals surface area contributed by atoms with Gasteiger partial charge in [-0.1, -0.05) is 0 Å². The summed E-state index contributed by atoms with van der Waals surface area (Å²) in [6, 6.07) is 0. The van der Waals surface area contributed by atoms with Crippen LogP contribution < -0.4 is 0 Å². The first-order chi connectivity index (χ1) is 7.06. The van der Waals surface area contributed by atoms with Gasteiger partial charge in [-0.15, -0.1) is 0 Å². The first kappa shape index (κ1) is 15.6. The number of hydrogen-bond acceptors (Lipinski definition) is 4. The maximum Gasteiger partial charge on any atom is 0.431 e. The van der Waals surface area contributed by atoms with E-state index in [1.807, 2.05) is 0 Å². The predicted molar refractivity (Wildman–Crippen MR) is 43.9 cm³/mol. The second-order valence-corrected chi connectivity index (χ2v) is 4.22. The number of hydrogen-bond donors (Lipinski definition) is 1. The third-order valence-corrected chi connectivity index (χ3v) is 2.46. The Morgan fingerprint density at radius 1 is 1.25 bits per heavy atom. The van der Waals surface area contributed by atoms with Gasteiger partial charge in [0.05, 0.1) is 6.61 Å². The molecular formula is C6H10F4O5S. The molecule has 0 heterocycles. The van der Waals surface area contributed by atoms with Gasteiger partial charge in [0.2, 0.25) is 0 Å². The van der Waals surface area contributed by atoms with Crippen LogP contribution in [0, 0.1) is 0 Å². The van der Waals surface area contributed by atoms with E-state index < -0.39 is 41.1 Å². The summed E-state index contributed by atoms with van der Waals surface area (Å²) in [5, 5.41) is -5.55. The van der Waals surface area contributed by atoms with Gasteiger partial charge in [-0.05, 0) is 0 Å². The zero-order chi connectivity index (χ0) is 13.0. The summed E-state index contributed by atoms with van der Waals surface area (Å²) < 4.78 is 87.2. The monoisotopic (exact) mass is 270 g/mol. The average molecular weight is 270 g/mol. The summed E-state index contributed by atoms with van der Waals surface area (Å²) in [5.41, 5.74) is 0. The molecule has 0 spiro atoms. The molecule has 0 aliphatic heterocycles. The van der Waals surface area contributed by atoms with Gasteiger partial charge in [-0.2, -0.15) is 26.0 Å². The minimum absolute atomic E-state index is 0.395. The van der Waals surface area contributed by atoms with E-state index in [9.17, 15) is 26.0 Å². The van der Waals surface area contributed by atoms with Gasteiger partial charge in [0, 0.05) is 13.5 Å². The number of rotatable bonds is 7. The van der Waals surface area contributed by atoms with Crippen molar-refractivity contribution >= 4 is 10.1 Å². The van der Waals surface area contributed by atoms with Crippen molar-refractivity contribution in [2.75, 3.05) is 20.5 Å². The lowest BCUT2D eigenvalue weighted by atomic mass is 10.2. The molecule has 0 unspecified atom stereocenters. The van der Waals surface area contributed by atoms with Gasteiger partial charge in [0.1, 0.15) is 6.79 Å². The molecule has 0 rings (SSSR count). The highest BCUT2D eigenvalue weighted by atomic mass is 32.2. The van der Waals surface area contributed by atoms with Gasteiger partial charge in [-0.25, -0.2) is 0 Å². The van der Waals surface area contributed by atoms with Crippen molar-refractivity contribution in [1.29, 1.82) is 0 Å². The number of methoxy groups -OCH3 is 1. The number of ether oxygens (including phenoxy) is 2. The maximum atomic E-state index is 12.7. The van der Waals surface area contributed by atoms with Gasteiger partial charge in [0.25, 0.3) is 0 Å². The predicted octanol–water partition coefficient (Wildman–Crippen LogP) is 1.11. The lowest BCUT2D eigenvalue weighted by molar-refractivity contribution is -0.175. The van der Waals surface area contributed by atoms with Crippen LogP contribution in [0.5, 0.6) is 0 Å². The molecule has 0 saturated heterocycles. The molecule has 0 radical (unpaired) electrons. The Hall–Kier alpha value is -0.450. The molecule has 0 aromatic rings. The van der Waals surface area contributed by atoms with Crippen LogP contribution in [0.25, 0.3) is 0 Å². The summed E-state index contributed by atoms with van der Waals surface area (Å²) >= 11 is 0. The summed E-state index contributed by atoms with van der Waals surface area (Å²) in [6.07, 6.45) is -1.57. The zero-order valence-corrected chi connectivity index (χ0v) is 8.94. The van der Waals surface area contributed by atoms with Crippen molar-refractivity contribution in [2.24, 2.45) is 0 Å². The van der Waals surface area contributed by atoms with Crippen molar-refractivity contribution in [3.05, 3.63) is 0 Å². The first-order valence-electron chi connectivity index (χ1n) is 3.85. The molecule has 0 aliphatic rings. The normalized spacial score (nSPS) is 14.1. The van der Waals surface area contributed by atoms with Crippen LogP contribution in [0.1, 0.15) is 6.42 Å². The summed E-state index contributed by atoms with van der Waals surface area (Å²) in [7, 11) is -4.99. The molecule has 0 bridgehead atoms. The largest absolute Gasteiger partial charge is 0.431 e. The highest BCUT2D eigenvalue weighted by molar-refractivity contribution is 7.87. The smallest absolute Gasteiger partial charge is 0.359 e. The van der Waals surface area contributed by atoms with Crippen molar-refractivity contribution in [2.45, 2.75) is 17.6 Å². The molecule has 0 saturated carbocycles. The standard InChI is InChI=1S/C6H10F4O5S/c1-14-4-15-3-2-5(7,8)6(9,10)16(11,12)13/h2-4H2,1H3,(H,11,12,13). The van der Waals surface area contributed by atoms with Gasteiger partial charge < -0.3 is 9.47 Å². The van der Waals surface area contributed by atoms with Crippen molar-refractivity contribution in [3.63, 3.8) is 0 Å². The maximum absolute atomic E-state index is 12.7. The molecular weight excluding hydrogens is 260 g/mol. The van der Waals surface area contributed by atoms with Crippen LogP contribution in [-0.2, 0) is 19.6 Å². The van der Waals surface area contributed by atoms with Crippen molar-refractivity contribution < 1.29 is 40.0 Å². The van der Waals surface area contributed by atoms with Gasteiger partial charge >= 0.3 is 21.3 Å². The van der Waals surface area contributed by atoms with E-state index in [2.05, 4.69) is 9.47 Å². The second kappa shape index (κ2) is 5.25. The average Bonchev–Trinajstić information content (AvgIpc) is 2.10. The fraction of sp³-hybridized carbons (Fsp3) is 1.00. The fourth-order valence-electron chi connectivity index (χ4n) is 0.677. The Morgan fingerprint density at radius 2 is 1.75 bits per heavy atom. The summed E-state index contributed by atoms with van der Waals surface area (Å²) in [4.78, 5) is 0. The van der Waals surface area contributed by atoms with E-state index in [0.29, 0.717) is 0 Å². The molecule has 16 heavy (non-hydrogen) atoms. The molecule has 10 heteroatoms. The molecule has 1 N–H and O–H groups in total. The van der Waals surface area contributed by atoms with E-state index >= 15 is 0 Å². The molecule has 5 nitrogen and oxygen atoms in total. The molecule has 0 fully saturated rings. The quantitative estimate of drug-likeness (QED) is 0.325. The van der Waals surface area contributed by atoms with Crippen LogP contribution in [0.2, 0.25) is 0 Å². The SMILES string of the molecule is COCOCCC(F)(F)C(F)(F)S(=O)(=O)O. The second-order valence-electron chi connectivity index (χ2n) is 2.76. The third kappa shape index (κ3) is 3.54. The molecule has 0 atom stereocenters. The lowest BCUT2D eigenvalue weighted by Gasteiger charge is -2.23. The van der Waals surface area contributed by atoms with Crippen LogP contribution in [0.3, 0.4) is 0 Å². The number of halogens is 4. The Bertz CT molecular complexity index is 315. The van der Waals surface area contributed by atoms with E-state index in [1.54, 1.807) is 0 Å². The minimum atomic E-state index is -6.17. The van der Waals surface area contributed by atoms with Gasteiger partial charge in [0.15, 0.2) is 0 Å². The van der Waals surface area contributed by atoms with E-state index in [-0.39, 0.29) is 0 Å². The molecule has 0 aliphatic carbocycles. The Balaban J connectivity index is 4.54. The van der Waals surface area contributed by atoms with Crippen LogP contribution in [0.15, 0.2) is 0 Å². The van der Waals surface area contributed by atoms with E-state index in [1.165, 1.54) is 7.11 Å². The molecule has 0 aromatic carbocycles. The Labute approximate surface area is 89.1 Å². The number of alkyl halides is 4. The third-order valence-electron chi connectivity index (χ3n) is 1.51. The fourth-order valence-corrected chi connectivity index (χ4v) is 1.16. The summed E-state index contributed by atoms with van der Waals surface area (Å²) in [6.45, 7) is -1.24. The van der Waals surface area contributed by atoms with Crippen LogP contribution in [-0.4, -0.2) is 44.7 Å². The van der Waals surface area contributed by atoms with Crippen molar-refractivity contribution in [1.82, 2.24) is 0 Å². The lowest BCUT2D eigenvalue weighted by Crippen LogP contribution is -2.47. The Morgan fingerprint density at radius 3 is 2.12 bits per heavy atom. The zero-order valence-electron chi connectivity index (χ0n) is 8.12. The van der Waals surface area contributed by atoms with Crippen molar-refractivity contribution in [3.8, 4) is 0 Å². The van der Waals surface area contributed by atoms with E-state index in [4.69, 9.17) is 4.55 Å². The Kier molecular flexibility index (Phi) is 5.11. The minimum Gasteiger partial charge on any atom is -0.359 e. The van der Waals surface area contributed by atoms with Crippen LogP contribution in [0.4, 0.5) is 17.6 Å².